The Balaban J connectivity index is 2.85. The van der Waals surface area contributed by atoms with Crippen LogP contribution in [0.5, 0.6) is 0 Å². The lowest BCUT2D eigenvalue weighted by Gasteiger charge is -2.18. The first-order valence-corrected chi connectivity index (χ1v) is 5.41. The van der Waals surface area contributed by atoms with E-state index in [1.54, 1.807) is 12.1 Å². The molecule has 3 heteroatoms. The average Bonchev–Trinajstić information content (AvgIpc) is 2.24. The highest BCUT2D eigenvalue weighted by Crippen LogP contribution is 2.22. The molecule has 0 bridgehead atoms. The number of halogens is 1. The Bertz CT molecular complexity index is 312. The van der Waals surface area contributed by atoms with Gasteiger partial charge in [0.25, 0.3) is 0 Å². The summed E-state index contributed by atoms with van der Waals surface area (Å²) < 4.78 is 13.1. The lowest BCUT2D eigenvalue weighted by atomic mass is 9.97. The molecule has 0 aliphatic heterocycles. The third-order valence-corrected chi connectivity index (χ3v) is 2.66. The normalized spacial score (nSPS) is 12.8. The van der Waals surface area contributed by atoms with E-state index in [-0.39, 0.29) is 11.9 Å². The summed E-state index contributed by atoms with van der Waals surface area (Å²) in [5.74, 6) is 5.29. The van der Waals surface area contributed by atoms with Crippen molar-refractivity contribution in [3.8, 4) is 0 Å². The van der Waals surface area contributed by atoms with Gasteiger partial charge in [-0.3, -0.25) is 11.3 Å². The SMILES string of the molecule is CCCCC(NN)c1cc(F)ccc1C. The van der Waals surface area contributed by atoms with Crippen molar-refractivity contribution in [1.29, 1.82) is 0 Å². The Morgan fingerprint density at radius 1 is 1.47 bits per heavy atom. The standard InChI is InChI=1S/C12H19FN2/c1-3-4-5-12(15-14)11-8-10(13)7-6-9(11)2/h6-8,12,15H,3-5,14H2,1-2H3. The van der Waals surface area contributed by atoms with Crippen molar-refractivity contribution in [3.63, 3.8) is 0 Å². The predicted molar refractivity (Wildman–Crippen MR) is 60.7 cm³/mol. The zero-order valence-corrected chi connectivity index (χ0v) is 9.39. The van der Waals surface area contributed by atoms with Gasteiger partial charge in [-0.1, -0.05) is 25.8 Å². The van der Waals surface area contributed by atoms with E-state index in [0.29, 0.717) is 0 Å². The smallest absolute Gasteiger partial charge is 0.123 e. The minimum absolute atomic E-state index is 0.0562. The number of aryl methyl sites for hydroxylation is 1. The monoisotopic (exact) mass is 210 g/mol. The van der Waals surface area contributed by atoms with Crippen molar-refractivity contribution < 1.29 is 4.39 Å². The van der Waals surface area contributed by atoms with E-state index >= 15 is 0 Å². The Kier molecular flexibility index (Phi) is 4.72. The number of hydrogen-bond donors (Lipinski definition) is 2. The van der Waals surface area contributed by atoms with Gasteiger partial charge in [-0.2, -0.15) is 0 Å². The van der Waals surface area contributed by atoms with Crippen LogP contribution >= 0.6 is 0 Å². The summed E-state index contributed by atoms with van der Waals surface area (Å²) in [6, 6.07) is 4.89. The third kappa shape index (κ3) is 3.29. The van der Waals surface area contributed by atoms with Crippen molar-refractivity contribution in [2.24, 2.45) is 5.84 Å². The van der Waals surface area contributed by atoms with Crippen LogP contribution in [0.3, 0.4) is 0 Å². The summed E-state index contributed by atoms with van der Waals surface area (Å²) in [7, 11) is 0. The molecule has 15 heavy (non-hydrogen) atoms. The molecule has 0 saturated carbocycles. The second-order valence-corrected chi connectivity index (χ2v) is 3.86. The summed E-state index contributed by atoms with van der Waals surface area (Å²) in [4.78, 5) is 0. The molecule has 0 fully saturated rings. The van der Waals surface area contributed by atoms with Crippen LogP contribution in [0.4, 0.5) is 4.39 Å². The number of nitrogens with two attached hydrogens (primary N) is 1. The number of unbranched alkanes of at least 4 members (excludes halogenated alkanes) is 1. The van der Waals surface area contributed by atoms with Crippen molar-refractivity contribution >= 4 is 0 Å². The van der Waals surface area contributed by atoms with Gasteiger partial charge in [0, 0.05) is 6.04 Å². The molecular weight excluding hydrogens is 191 g/mol. The molecule has 1 unspecified atom stereocenters. The second-order valence-electron chi connectivity index (χ2n) is 3.86. The zero-order valence-electron chi connectivity index (χ0n) is 9.39. The molecule has 0 aliphatic carbocycles. The first-order chi connectivity index (χ1) is 7.19. The number of benzene rings is 1. The van der Waals surface area contributed by atoms with E-state index < -0.39 is 0 Å². The number of hydrazine groups is 1. The molecule has 1 aromatic rings. The summed E-state index contributed by atoms with van der Waals surface area (Å²) in [6.45, 7) is 4.11. The van der Waals surface area contributed by atoms with Crippen LogP contribution in [0, 0.1) is 12.7 Å². The molecule has 0 amide bonds. The first-order valence-electron chi connectivity index (χ1n) is 5.41. The minimum Gasteiger partial charge on any atom is -0.271 e. The van der Waals surface area contributed by atoms with Gasteiger partial charge in [0.1, 0.15) is 5.82 Å². The molecule has 84 valence electrons. The van der Waals surface area contributed by atoms with Crippen LogP contribution < -0.4 is 11.3 Å². The lowest BCUT2D eigenvalue weighted by molar-refractivity contribution is 0.489. The predicted octanol–water partition coefficient (Wildman–Crippen LogP) is 2.83. The minimum atomic E-state index is -0.202. The molecule has 1 aromatic carbocycles. The molecule has 0 saturated heterocycles. The van der Waals surface area contributed by atoms with Gasteiger partial charge in [-0.15, -0.1) is 0 Å². The molecule has 0 spiro atoms. The van der Waals surface area contributed by atoms with Gasteiger partial charge >= 0.3 is 0 Å². The summed E-state index contributed by atoms with van der Waals surface area (Å²) >= 11 is 0. The van der Waals surface area contributed by atoms with Gasteiger partial charge in [0.05, 0.1) is 0 Å². The van der Waals surface area contributed by atoms with Gasteiger partial charge < -0.3 is 0 Å². The van der Waals surface area contributed by atoms with Gasteiger partial charge in [-0.05, 0) is 36.6 Å². The van der Waals surface area contributed by atoms with Gasteiger partial charge in [0.2, 0.25) is 0 Å². The van der Waals surface area contributed by atoms with E-state index in [1.165, 1.54) is 6.07 Å². The van der Waals surface area contributed by atoms with E-state index in [2.05, 4.69) is 12.3 Å². The van der Waals surface area contributed by atoms with E-state index in [9.17, 15) is 4.39 Å². The zero-order chi connectivity index (χ0) is 11.3. The summed E-state index contributed by atoms with van der Waals surface area (Å²) in [5.41, 5.74) is 4.80. The van der Waals surface area contributed by atoms with Crippen molar-refractivity contribution in [1.82, 2.24) is 5.43 Å². The Morgan fingerprint density at radius 3 is 2.80 bits per heavy atom. The number of hydrogen-bond acceptors (Lipinski definition) is 2. The number of rotatable bonds is 5. The van der Waals surface area contributed by atoms with Crippen molar-refractivity contribution in [2.75, 3.05) is 0 Å². The third-order valence-electron chi connectivity index (χ3n) is 2.66. The Morgan fingerprint density at radius 2 is 2.20 bits per heavy atom. The van der Waals surface area contributed by atoms with Crippen molar-refractivity contribution in [2.45, 2.75) is 39.2 Å². The molecule has 0 radical (unpaired) electrons. The number of nitrogens with one attached hydrogen (secondary N) is 1. The topological polar surface area (TPSA) is 38.0 Å². The molecule has 0 aliphatic rings. The maximum atomic E-state index is 13.1. The van der Waals surface area contributed by atoms with Crippen LogP contribution in [0.1, 0.15) is 43.4 Å². The largest absolute Gasteiger partial charge is 0.271 e. The van der Waals surface area contributed by atoms with E-state index in [0.717, 1.165) is 30.4 Å². The molecular formula is C12H19FN2. The highest BCUT2D eigenvalue weighted by molar-refractivity contribution is 5.29. The fourth-order valence-corrected chi connectivity index (χ4v) is 1.72. The maximum Gasteiger partial charge on any atom is 0.123 e. The summed E-state index contributed by atoms with van der Waals surface area (Å²) in [6.07, 6.45) is 3.15. The molecule has 2 nitrogen and oxygen atoms in total. The lowest BCUT2D eigenvalue weighted by Crippen LogP contribution is -2.28. The fraction of sp³-hybridized carbons (Fsp3) is 0.500. The van der Waals surface area contributed by atoms with Crippen LogP contribution in [-0.4, -0.2) is 0 Å². The summed E-state index contributed by atoms with van der Waals surface area (Å²) in [5, 5.41) is 0. The first kappa shape index (κ1) is 12.1. The molecule has 1 atom stereocenters. The van der Waals surface area contributed by atoms with Crippen molar-refractivity contribution in [3.05, 3.63) is 35.1 Å². The van der Waals surface area contributed by atoms with E-state index in [4.69, 9.17) is 5.84 Å². The molecule has 1 rings (SSSR count). The van der Waals surface area contributed by atoms with Crippen LogP contribution in [-0.2, 0) is 0 Å². The molecule has 3 N–H and O–H groups in total. The fourth-order valence-electron chi connectivity index (χ4n) is 1.72. The van der Waals surface area contributed by atoms with Gasteiger partial charge in [-0.25, -0.2) is 4.39 Å². The molecule has 0 aromatic heterocycles. The highest BCUT2D eigenvalue weighted by atomic mass is 19.1. The van der Waals surface area contributed by atoms with E-state index in [1.807, 2.05) is 6.92 Å². The van der Waals surface area contributed by atoms with Crippen LogP contribution in [0.15, 0.2) is 18.2 Å². The average molecular weight is 210 g/mol. The Labute approximate surface area is 90.6 Å². The maximum absolute atomic E-state index is 13.1. The van der Waals surface area contributed by atoms with Crippen LogP contribution in [0.25, 0.3) is 0 Å². The Hall–Kier alpha value is -0.930. The molecule has 0 heterocycles. The van der Waals surface area contributed by atoms with Crippen LogP contribution in [0.2, 0.25) is 0 Å². The van der Waals surface area contributed by atoms with Gasteiger partial charge in [0.15, 0.2) is 0 Å². The quantitative estimate of drug-likeness (QED) is 0.579. The highest BCUT2D eigenvalue weighted by Gasteiger charge is 2.12. The second kappa shape index (κ2) is 5.83.